The van der Waals surface area contributed by atoms with Crippen molar-refractivity contribution in [2.24, 2.45) is 11.8 Å². The first-order valence-electron chi connectivity index (χ1n) is 17.3. The maximum absolute atomic E-state index is 13.1. The fraction of sp³-hybridized carbons (Fsp3) is 0.730. The highest BCUT2D eigenvalue weighted by Gasteiger charge is 2.36. The summed E-state index contributed by atoms with van der Waals surface area (Å²) in [6, 6.07) is 0. The minimum atomic E-state index is -0.491. The van der Waals surface area contributed by atoms with E-state index in [1.54, 1.807) is 0 Å². The standard InChI is InChI=1S/C37H60O4/c1-3-5-7-9-11-13-15-17-19-21-23-30-25-27-34(38)36(40)32(30)29-33-31(26-28-35(39)37(33)41)24-22-20-18-16-14-12-10-8-6-4-2/h25-28,32-33,38-39H,3-24,29H2,1-2H3. The molecule has 0 aliphatic heterocycles. The number of aliphatic hydroxyl groups excluding tert-OH is 2. The first-order chi connectivity index (χ1) is 20.0. The number of hydrogen-bond acceptors (Lipinski definition) is 4. The van der Waals surface area contributed by atoms with Gasteiger partial charge in [-0.1, -0.05) is 153 Å². The summed E-state index contributed by atoms with van der Waals surface area (Å²) < 4.78 is 0. The van der Waals surface area contributed by atoms with Crippen LogP contribution >= 0.6 is 0 Å². The highest BCUT2D eigenvalue weighted by molar-refractivity contribution is 6.01. The average molecular weight is 569 g/mol. The van der Waals surface area contributed by atoms with Crippen molar-refractivity contribution < 1.29 is 19.8 Å². The SMILES string of the molecule is CCCCCCCCCCCCC1=CC=C(O)C(=O)C1CC1C(=O)C(O)=CC=C1CCCCCCCCCCCC. The molecule has 4 nitrogen and oxygen atoms in total. The Morgan fingerprint density at radius 3 is 1.07 bits per heavy atom. The van der Waals surface area contributed by atoms with Crippen molar-refractivity contribution in [3.63, 3.8) is 0 Å². The molecular weight excluding hydrogens is 508 g/mol. The quantitative estimate of drug-likeness (QED) is 0.114. The number of unbranched alkanes of at least 4 members (excludes halogenated alkanes) is 18. The molecule has 4 heteroatoms. The first kappa shape index (κ1) is 35.1. The minimum absolute atomic E-state index is 0.218. The van der Waals surface area contributed by atoms with Gasteiger partial charge in [0.25, 0.3) is 0 Å². The fourth-order valence-electron chi connectivity index (χ4n) is 6.36. The molecule has 0 saturated carbocycles. The predicted octanol–water partition coefficient (Wildman–Crippen LogP) is 11.1. The lowest BCUT2D eigenvalue weighted by atomic mass is 9.74. The fourth-order valence-corrected chi connectivity index (χ4v) is 6.36. The Bertz CT molecular complexity index is 819. The van der Waals surface area contributed by atoms with Gasteiger partial charge in [0.15, 0.2) is 11.5 Å². The smallest absolute Gasteiger partial charge is 0.204 e. The molecule has 2 aliphatic carbocycles. The van der Waals surface area contributed by atoms with Gasteiger partial charge in [0, 0.05) is 11.8 Å². The van der Waals surface area contributed by atoms with Gasteiger partial charge in [-0.25, -0.2) is 0 Å². The Morgan fingerprint density at radius 2 is 0.756 bits per heavy atom. The van der Waals surface area contributed by atoms with Crippen LogP contribution in [0.25, 0.3) is 0 Å². The lowest BCUT2D eigenvalue weighted by Gasteiger charge is -2.28. The third-order valence-electron chi connectivity index (χ3n) is 9.05. The van der Waals surface area contributed by atoms with Crippen molar-refractivity contribution in [3.05, 3.63) is 47.0 Å². The average Bonchev–Trinajstić information content (AvgIpc) is 2.97. The summed E-state index contributed by atoms with van der Waals surface area (Å²) in [7, 11) is 0. The maximum Gasteiger partial charge on any atom is 0.204 e. The van der Waals surface area contributed by atoms with E-state index in [1.165, 1.54) is 115 Å². The van der Waals surface area contributed by atoms with Crippen LogP contribution in [0.2, 0.25) is 0 Å². The highest BCUT2D eigenvalue weighted by atomic mass is 16.3. The van der Waals surface area contributed by atoms with Crippen molar-refractivity contribution >= 4 is 11.6 Å². The summed E-state index contributed by atoms with van der Waals surface area (Å²) in [6.07, 6.45) is 34.0. The van der Waals surface area contributed by atoms with Crippen molar-refractivity contribution in [2.45, 2.75) is 162 Å². The number of carbonyl (C=O) groups excluding carboxylic acids is 2. The molecule has 0 bridgehead atoms. The van der Waals surface area contributed by atoms with Crippen LogP contribution in [-0.2, 0) is 9.59 Å². The molecule has 2 atom stereocenters. The molecule has 0 heterocycles. The topological polar surface area (TPSA) is 74.6 Å². The Morgan fingerprint density at radius 1 is 0.463 bits per heavy atom. The third kappa shape index (κ3) is 13.6. The molecule has 232 valence electrons. The Balaban J connectivity index is 1.81. The number of rotatable bonds is 24. The number of allylic oxidation sites excluding steroid dienone is 8. The van der Waals surface area contributed by atoms with Gasteiger partial charge in [-0.2, -0.15) is 0 Å². The highest BCUT2D eigenvalue weighted by Crippen LogP contribution is 2.37. The van der Waals surface area contributed by atoms with Crippen molar-refractivity contribution in [2.75, 3.05) is 0 Å². The van der Waals surface area contributed by atoms with Crippen LogP contribution in [0.4, 0.5) is 0 Å². The number of aliphatic hydroxyl groups is 2. The number of Topliss-reactive ketones (excluding diaryl/α,β-unsaturated/α-hetero) is 2. The molecule has 0 amide bonds. The lowest BCUT2D eigenvalue weighted by Crippen LogP contribution is -2.30. The maximum atomic E-state index is 13.1. The molecule has 0 aromatic carbocycles. The van der Waals surface area contributed by atoms with Crippen LogP contribution in [0.3, 0.4) is 0 Å². The summed E-state index contributed by atoms with van der Waals surface area (Å²) in [5, 5.41) is 20.5. The molecule has 0 aromatic heterocycles. The van der Waals surface area contributed by atoms with E-state index in [9.17, 15) is 19.8 Å². The van der Waals surface area contributed by atoms with Crippen LogP contribution in [-0.4, -0.2) is 21.8 Å². The van der Waals surface area contributed by atoms with E-state index in [0.717, 1.165) is 49.7 Å². The van der Waals surface area contributed by atoms with E-state index in [-0.39, 0.29) is 23.1 Å². The molecule has 2 unspecified atom stereocenters. The summed E-state index contributed by atoms with van der Waals surface area (Å²) in [4.78, 5) is 26.1. The van der Waals surface area contributed by atoms with Crippen LogP contribution in [0.1, 0.15) is 162 Å². The lowest BCUT2D eigenvalue weighted by molar-refractivity contribution is -0.123. The second-order valence-electron chi connectivity index (χ2n) is 12.5. The van der Waals surface area contributed by atoms with Gasteiger partial charge in [-0.3, -0.25) is 9.59 Å². The van der Waals surface area contributed by atoms with Crippen molar-refractivity contribution in [3.8, 4) is 0 Å². The summed E-state index contributed by atoms with van der Waals surface area (Å²) in [5.74, 6) is -1.98. The zero-order valence-electron chi connectivity index (χ0n) is 26.4. The van der Waals surface area contributed by atoms with Gasteiger partial charge in [0.1, 0.15) is 0 Å². The van der Waals surface area contributed by atoms with E-state index >= 15 is 0 Å². The number of ketones is 2. The van der Waals surface area contributed by atoms with E-state index in [0.29, 0.717) is 6.42 Å². The Hall–Kier alpha value is -2.10. The molecule has 0 radical (unpaired) electrons. The first-order valence-corrected chi connectivity index (χ1v) is 17.3. The summed E-state index contributed by atoms with van der Waals surface area (Å²) >= 11 is 0. The second-order valence-corrected chi connectivity index (χ2v) is 12.5. The van der Waals surface area contributed by atoms with Crippen molar-refractivity contribution in [1.82, 2.24) is 0 Å². The molecule has 0 aromatic rings. The van der Waals surface area contributed by atoms with Crippen LogP contribution in [0.15, 0.2) is 47.0 Å². The number of carbonyl (C=O) groups is 2. The van der Waals surface area contributed by atoms with Gasteiger partial charge in [-0.05, 0) is 44.3 Å². The van der Waals surface area contributed by atoms with Gasteiger partial charge >= 0.3 is 0 Å². The molecule has 2 rings (SSSR count). The predicted molar refractivity (Wildman–Crippen MR) is 172 cm³/mol. The van der Waals surface area contributed by atoms with Gasteiger partial charge in [-0.15, -0.1) is 0 Å². The van der Waals surface area contributed by atoms with Crippen LogP contribution in [0, 0.1) is 11.8 Å². The Kier molecular flexibility index (Phi) is 18.5. The zero-order valence-corrected chi connectivity index (χ0v) is 26.4. The molecule has 0 fully saturated rings. The molecule has 41 heavy (non-hydrogen) atoms. The molecule has 2 N–H and O–H groups in total. The molecule has 0 saturated heterocycles. The summed E-state index contributed by atoms with van der Waals surface area (Å²) in [5.41, 5.74) is 2.04. The van der Waals surface area contributed by atoms with Crippen molar-refractivity contribution in [1.29, 1.82) is 0 Å². The summed E-state index contributed by atoms with van der Waals surface area (Å²) in [6.45, 7) is 4.50. The van der Waals surface area contributed by atoms with Gasteiger partial charge < -0.3 is 10.2 Å². The van der Waals surface area contributed by atoms with Crippen LogP contribution in [0.5, 0.6) is 0 Å². The van der Waals surface area contributed by atoms with Gasteiger partial charge in [0.2, 0.25) is 11.6 Å². The van der Waals surface area contributed by atoms with Gasteiger partial charge in [0.05, 0.1) is 0 Å². The monoisotopic (exact) mass is 568 g/mol. The second kappa shape index (κ2) is 21.6. The zero-order chi connectivity index (χ0) is 29.7. The molecular formula is C37H60O4. The minimum Gasteiger partial charge on any atom is -0.504 e. The van der Waals surface area contributed by atoms with Crippen LogP contribution < -0.4 is 0 Å². The Labute approximate surface area is 251 Å². The van der Waals surface area contributed by atoms with E-state index in [2.05, 4.69) is 13.8 Å². The van der Waals surface area contributed by atoms with E-state index in [4.69, 9.17) is 0 Å². The third-order valence-corrected chi connectivity index (χ3v) is 9.05. The van der Waals surface area contributed by atoms with E-state index in [1.807, 2.05) is 12.2 Å². The largest absolute Gasteiger partial charge is 0.504 e. The normalized spacial score (nSPS) is 19.2. The molecule has 2 aliphatic rings. The van der Waals surface area contributed by atoms with E-state index < -0.39 is 11.8 Å². The molecule has 0 spiro atoms. The number of hydrogen-bond donors (Lipinski definition) is 2.